The molecule has 0 aromatic carbocycles. The molecule has 0 aromatic heterocycles. The number of halogens is 1. The maximum absolute atomic E-state index is 13.7. The van der Waals surface area contributed by atoms with Crippen molar-refractivity contribution >= 4 is 0 Å². The van der Waals surface area contributed by atoms with Gasteiger partial charge in [-0.1, -0.05) is 6.42 Å². The maximum Gasteiger partial charge on any atom is 0.169 e. The highest BCUT2D eigenvalue weighted by molar-refractivity contribution is 4.88. The highest BCUT2D eigenvalue weighted by atomic mass is 19.1. The topological polar surface area (TPSA) is 68.2 Å². The quantitative estimate of drug-likeness (QED) is 0.751. The van der Waals surface area contributed by atoms with Gasteiger partial charge in [0.1, 0.15) is 12.2 Å². The molecule has 3 atom stereocenters. The molecule has 6 heteroatoms. The number of aliphatic hydroxyl groups is 2. The molecule has 0 amide bonds. The summed E-state index contributed by atoms with van der Waals surface area (Å²) in [6.45, 7) is -0.509. The first kappa shape index (κ1) is 15.1. The summed E-state index contributed by atoms with van der Waals surface area (Å²) < 4.78 is 30.6. The van der Waals surface area contributed by atoms with E-state index in [0.29, 0.717) is 0 Å². The predicted molar refractivity (Wildman–Crippen MR) is 65.4 cm³/mol. The summed E-state index contributed by atoms with van der Waals surface area (Å²) in [5.41, 5.74) is 0. The van der Waals surface area contributed by atoms with Crippen LogP contribution in [0.2, 0.25) is 0 Å². The SMILES string of the molecule is OCCO[C@@H]([C@@H](F)CO)[C@H]1COC2(CCCCC2)O1. The van der Waals surface area contributed by atoms with Crippen molar-refractivity contribution in [1.82, 2.24) is 0 Å². The van der Waals surface area contributed by atoms with E-state index in [1.807, 2.05) is 0 Å². The lowest BCUT2D eigenvalue weighted by Crippen LogP contribution is -2.43. The van der Waals surface area contributed by atoms with Crippen molar-refractivity contribution in [3.63, 3.8) is 0 Å². The first-order valence-electron chi connectivity index (χ1n) is 7.00. The van der Waals surface area contributed by atoms with Crippen LogP contribution in [-0.4, -0.2) is 60.8 Å². The molecule has 1 saturated heterocycles. The van der Waals surface area contributed by atoms with Gasteiger partial charge in [0.25, 0.3) is 0 Å². The third-order valence-corrected chi connectivity index (χ3v) is 3.79. The number of alkyl halides is 1. The second kappa shape index (κ2) is 6.95. The zero-order valence-electron chi connectivity index (χ0n) is 11.1. The van der Waals surface area contributed by atoms with Crippen molar-refractivity contribution in [2.75, 3.05) is 26.4 Å². The standard InChI is InChI=1S/C13H23FO5/c14-10(8-16)12(17-7-6-15)11-9-18-13(19-11)4-2-1-3-5-13/h10-12,15-16H,1-9H2/t10-,11+,12-/m0/s1. The predicted octanol–water partition coefficient (Wildman–Crippen LogP) is 0.770. The van der Waals surface area contributed by atoms with Crippen molar-refractivity contribution in [1.29, 1.82) is 0 Å². The van der Waals surface area contributed by atoms with Crippen molar-refractivity contribution in [2.45, 2.75) is 56.3 Å². The lowest BCUT2D eigenvalue weighted by Gasteiger charge is -2.33. The zero-order chi connectivity index (χ0) is 13.7. The molecule has 0 radical (unpaired) electrons. The largest absolute Gasteiger partial charge is 0.394 e. The van der Waals surface area contributed by atoms with Crippen LogP contribution in [0.15, 0.2) is 0 Å². The minimum absolute atomic E-state index is 0.0257. The summed E-state index contributed by atoms with van der Waals surface area (Å²) in [5, 5.41) is 17.7. The number of hydrogen-bond acceptors (Lipinski definition) is 5. The fourth-order valence-electron chi connectivity index (χ4n) is 2.83. The number of rotatable bonds is 6. The Hall–Kier alpha value is -0.270. The van der Waals surface area contributed by atoms with Crippen LogP contribution >= 0.6 is 0 Å². The normalized spacial score (nSPS) is 29.5. The van der Waals surface area contributed by atoms with Crippen LogP contribution in [-0.2, 0) is 14.2 Å². The molecule has 1 aliphatic heterocycles. The molecule has 1 aliphatic carbocycles. The summed E-state index contributed by atoms with van der Waals surface area (Å²) in [5.74, 6) is -0.584. The molecule has 0 aromatic rings. The lowest BCUT2D eigenvalue weighted by molar-refractivity contribution is -0.204. The van der Waals surface area contributed by atoms with Crippen LogP contribution in [0.5, 0.6) is 0 Å². The molecule has 1 spiro atoms. The Bertz CT molecular complexity index is 270. The second-order valence-electron chi connectivity index (χ2n) is 5.20. The Morgan fingerprint density at radius 2 is 2.00 bits per heavy atom. The van der Waals surface area contributed by atoms with Crippen molar-refractivity contribution in [3.8, 4) is 0 Å². The Morgan fingerprint density at radius 3 is 2.63 bits per heavy atom. The Balaban J connectivity index is 1.94. The third kappa shape index (κ3) is 3.64. The minimum atomic E-state index is -1.53. The van der Waals surface area contributed by atoms with Gasteiger partial charge >= 0.3 is 0 Å². The van der Waals surface area contributed by atoms with Crippen LogP contribution in [0.1, 0.15) is 32.1 Å². The molecule has 2 fully saturated rings. The van der Waals surface area contributed by atoms with Gasteiger partial charge in [0, 0.05) is 12.8 Å². The summed E-state index contributed by atoms with van der Waals surface area (Å²) in [6.07, 6.45) is 1.98. The lowest BCUT2D eigenvalue weighted by atomic mass is 9.94. The van der Waals surface area contributed by atoms with E-state index in [9.17, 15) is 4.39 Å². The molecule has 0 bridgehead atoms. The van der Waals surface area contributed by atoms with Gasteiger partial charge in [0.05, 0.1) is 26.4 Å². The molecular formula is C13H23FO5. The zero-order valence-corrected chi connectivity index (χ0v) is 11.1. The van der Waals surface area contributed by atoms with Gasteiger partial charge in [-0.25, -0.2) is 4.39 Å². The van der Waals surface area contributed by atoms with Crippen LogP contribution in [0.25, 0.3) is 0 Å². The van der Waals surface area contributed by atoms with Gasteiger partial charge in [-0.05, 0) is 12.8 Å². The van der Waals surface area contributed by atoms with E-state index < -0.39 is 30.8 Å². The van der Waals surface area contributed by atoms with E-state index in [2.05, 4.69) is 0 Å². The molecule has 112 valence electrons. The Morgan fingerprint density at radius 1 is 1.26 bits per heavy atom. The van der Waals surface area contributed by atoms with E-state index in [4.69, 9.17) is 24.4 Å². The molecule has 0 unspecified atom stereocenters. The minimum Gasteiger partial charge on any atom is -0.394 e. The molecular weight excluding hydrogens is 255 g/mol. The van der Waals surface area contributed by atoms with Crippen molar-refractivity contribution in [2.24, 2.45) is 0 Å². The van der Waals surface area contributed by atoms with Crippen molar-refractivity contribution < 1.29 is 28.8 Å². The van der Waals surface area contributed by atoms with Gasteiger partial charge < -0.3 is 24.4 Å². The molecule has 1 saturated carbocycles. The number of hydrogen-bond donors (Lipinski definition) is 2. The van der Waals surface area contributed by atoms with Gasteiger partial charge in [0.2, 0.25) is 0 Å². The smallest absolute Gasteiger partial charge is 0.169 e. The fraction of sp³-hybridized carbons (Fsp3) is 1.00. The average molecular weight is 278 g/mol. The molecule has 2 rings (SSSR count). The highest BCUT2D eigenvalue weighted by Gasteiger charge is 2.46. The first-order chi connectivity index (χ1) is 9.21. The number of aliphatic hydroxyl groups excluding tert-OH is 2. The van der Waals surface area contributed by atoms with Crippen LogP contribution in [0.3, 0.4) is 0 Å². The van der Waals surface area contributed by atoms with Crippen LogP contribution in [0.4, 0.5) is 4.39 Å². The Kier molecular flexibility index (Phi) is 5.53. The van der Waals surface area contributed by atoms with Gasteiger partial charge in [0.15, 0.2) is 12.0 Å². The second-order valence-corrected chi connectivity index (χ2v) is 5.20. The summed E-state index contributed by atoms with van der Waals surface area (Å²) in [7, 11) is 0. The summed E-state index contributed by atoms with van der Waals surface area (Å²) >= 11 is 0. The summed E-state index contributed by atoms with van der Waals surface area (Å²) in [4.78, 5) is 0. The van der Waals surface area contributed by atoms with Crippen LogP contribution in [0, 0.1) is 0 Å². The molecule has 1 heterocycles. The van der Waals surface area contributed by atoms with E-state index in [-0.39, 0.29) is 19.8 Å². The van der Waals surface area contributed by atoms with E-state index in [1.165, 1.54) is 6.42 Å². The Labute approximate surface area is 112 Å². The van der Waals surface area contributed by atoms with E-state index in [0.717, 1.165) is 25.7 Å². The van der Waals surface area contributed by atoms with Crippen LogP contribution < -0.4 is 0 Å². The molecule has 2 N–H and O–H groups in total. The maximum atomic E-state index is 13.7. The third-order valence-electron chi connectivity index (χ3n) is 3.79. The molecule has 19 heavy (non-hydrogen) atoms. The number of ether oxygens (including phenoxy) is 3. The van der Waals surface area contributed by atoms with Gasteiger partial charge in [-0.15, -0.1) is 0 Å². The molecule has 2 aliphatic rings. The fourth-order valence-corrected chi connectivity index (χ4v) is 2.83. The average Bonchev–Trinajstić information content (AvgIpc) is 2.83. The van der Waals surface area contributed by atoms with E-state index >= 15 is 0 Å². The van der Waals surface area contributed by atoms with E-state index in [1.54, 1.807) is 0 Å². The highest BCUT2D eigenvalue weighted by Crippen LogP contribution is 2.39. The van der Waals surface area contributed by atoms with Gasteiger partial charge in [-0.3, -0.25) is 0 Å². The van der Waals surface area contributed by atoms with Crippen molar-refractivity contribution in [3.05, 3.63) is 0 Å². The monoisotopic (exact) mass is 278 g/mol. The molecule has 5 nitrogen and oxygen atoms in total. The summed E-state index contributed by atoms with van der Waals surface area (Å²) in [6, 6.07) is 0. The first-order valence-corrected chi connectivity index (χ1v) is 7.00. The van der Waals surface area contributed by atoms with Gasteiger partial charge in [-0.2, -0.15) is 0 Å².